The van der Waals surface area contributed by atoms with Gasteiger partial charge in [-0.1, -0.05) is 19.0 Å². The summed E-state index contributed by atoms with van der Waals surface area (Å²) in [6, 6.07) is 3.37. The van der Waals surface area contributed by atoms with E-state index in [1.807, 2.05) is 13.8 Å². The molecule has 0 aliphatic heterocycles. The molecule has 0 aliphatic rings. The van der Waals surface area contributed by atoms with Crippen LogP contribution in [0.15, 0.2) is 32.5 Å². The number of nitrogens with zero attached hydrogens (tertiary/aromatic N) is 2. The lowest BCUT2D eigenvalue weighted by molar-refractivity contribution is 0.376. The van der Waals surface area contributed by atoms with Crippen LogP contribution in [0.4, 0.5) is 0 Å². The SMILES string of the molecule is CC(C)NCc1ccc(S(=O)(=O)NCCc2ncno2)o1. The van der Waals surface area contributed by atoms with Crippen LogP contribution in [0.3, 0.4) is 0 Å². The van der Waals surface area contributed by atoms with Crippen molar-refractivity contribution in [2.75, 3.05) is 6.54 Å². The van der Waals surface area contributed by atoms with Gasteiger partial charge in [-0.25, -0.2) is 13.1 Å². The molecule has 0 fully saturated rings. The largest absolute Gasteiger partial charge is 0.447 e. The summed E-state index contributed by atoms with van der Waals surface area (Å²) in [5, 5.41) is 6.49. The Morgan fingerprint density at radius 2 is 2.14 bits per heavy atom. The first-order valence-electron chi connectivity index (χ1n) is 6.54. The minimum absolute atomic E-state index is 0.103. The summed E-state index contributed by atoms with van der Waals surface area (Å²) >= 11 is 0. The first-order chi connectivity index (χ1) is 9.97. The molecular formula is C12H18N4O4S. The predicted molar refractivity (Wildman–Crippen MR) is 73.9 cm³/mol. The lowest BCUT2D eigenvalue weighted by Gasteiger charge is -2.05. The molecule has 0 aromatic carbocycles. The van der Waals surface area contributed by atoms with Gasteiger partial charge < -0.3 is 14.3 Å². The van der Waals surface area contributed by atoms with E-state index in [0.29, 0.717) is 30.7 Å². The monoisotopic (exact) mass is 314 g/mol. The van der Waals surface area contributed by atoms with Crippen molar-refractivity contribution < 1.29 is 17.4 Å². The van der Waals surface area contributed by atoms with Gasteiger partial charge in [0.05, 0.1) is 6.54 Å². The highest BCUT2D eigenvalue weighted by Gasteiger charge is 2.18. The molecule has 2 aromatic rings. The van der Waals surface area contributed by atoms with Gasteiger partial charge in [0.1, 0.15) is 5.76 Å². The van der Waals surface area contributed by atoms with Gasteiger partial charge in [-0.15, -0.1) is 0 Å². The van der Waals surface area contributed by atoms with Crippen LogP contribution in [0.2, 0.25) is 0 Å². The molecule has 8 nitrogen and oxygen atoms in total. The maximum atomic E-state index is 12.0. The van der Waals surface area contributed by atoms with Crippen LogP contribution in [-0.2, 0) is 23.0 Å². The second kappa shape index (κ2) is 6.83. The zero-order valence-corrected chi connectivity index (χ0v) is 12.7. The Kier molecular flexibility index (Phi) is 5.10. The van der Waals surface area contributed by atoms with Crippen molar-refractivity contribution in [3.8, 4) is 0 Å². The Hall–Kier alpha value is -1.71. The van der Waals surface area contributed by atoms with Crippen molar-refractivity contribution in [3.05, 3.63) is 30.1 Å². The van der Waals surface area contributed by atoms with E-state index in [1.165, 1.54) is 12.4 Å². The molecule has 0 saturated heterocycles. The smallest absolute Gasteiger partial charge is 0.273 e. The van der Waals surface area contributed by atoms with E-state index in [-0.39, 0.29) is 11.6 Å². The van der Waals surface area contributed by atoms with E-state index >= 15 is 0 Å². The Morgan fingerprint density at radius 1 is 1.33 bits per heavy atom. The fourth-order valence-electron chi connectivity index (χ4n) is 1.57. The number of aromatic nitrogens is 2. The first-order valence-corrected chi connectivity index (χ1v) is 8.03. The van der Waals surface area contributed by atoms with Crippen LogP contribution in [0, 0.1) is 0 Å². The third-order valence-electron chi connectivity index (χ3n) is 2.62. The summed E-state index contributed by atoms with van der Waals surface area (Å²) in [4.78, 5) is 3.81. The van der Waals surface area contributed by atoms with Gasteiger partial charge in [-0.2, -0.15) is 4.98 Å². The second-order valence-corrected chi connectivity index (χ2v) is 6.44. The fourth-order valence-corrected chi connectivity index (χ4v) is 2.55. The van der Waals surface area contributed by atoms with Crippen molar-refractivity contribution in [2.24, 2.45) is 0 Å². The average molecular weight is 314 g/mol. The van der Waals surface area contributed by atoms with Gasteiger partial charge in [0.2, 0.25) is 11.0 Å². The van der Waals surface area contributed by atoms with Crippen LogP contribution in [-0.4, -0.2) is 31.1 Å². The molecule has 2 heterocycles. The number of nitrogens with one attached hydrogen (secondary N) is 2. The number of hydrogen-bond donors (Lipinski definition) is 2. The van der Waals surface area contributed by atoms with E-state index in [4.69, 9.17) is 8.94 Å². The Morgan fingerprint density at radius 3 is 2.81 bits per heavy atom. The van der Waals surface area contributed by atoms with E-state index in [0.717, 1.165) is 0 Å². The Labute approximate surface area is 123 Å². The predicted octanol–water partition coefficient (Wildman–Crippen LogP) is 0.682. The van der Waals surface area contributed by atoms with Crippen LogP contribution < -0.4 is 10.0 Å². The topological polar surface area (TPSA) is 110 Å². The summed E-state index contributed by atoms with van der Waals surface area (Å²) in [7, 11) is -3.67. The highest BCUT2D eigenvalue weighted by Crippen LogP contribution is 2.13. The van der Waals surface area contributed by atoms with Crippen molar-refractivity contribution in [1.29, 1.82) is 0 Å². The maximum Gasteiger partial charge on any atom is 0.273 e. The quantitative estimate of drug-likeness (QED) is 0.737. The molecule has 9 heteroatoms. The minimum atomic E-state index is -3.67. The fraction of sp³-hybridized carbons (Fsp3) is 0.500. The number of sulfonamides is 1. The third-order valence-corrected chi connectivity index (χ3v) is 3.96. The lowest BCUT2D eigenvalue weighted by Crippen LogP contribution is -2.25. The van der Waals surface area contributed by atoms with Crippen molar-refractivity contribution in [2.45, 2.75) is 37.9 Å². The lowest BCUT2D eigenvalue weighted by atomic mass is 10.3. The molecule has 116 valence electrons. The number of hydrogen-bond acceptors (Lipinski definition) is 7. The van der Waals surface area contributed by atoms with E-state index in [2.05, 4.69) is 20.2 Å². The molecule has 2 aromatic heterocycles. The third kappa shape index (κ3) is 4.66. The van der Waals surface area contributed by atoms with Crippen molar-refractivity contribution in [1.82, 2.24) is 20.2 Å². The highest BCUT2D eigenvalue weighted by molar-refractivity contribution is 7.89. The van der Waals surface area contributed by atoms with Gasteiger partial charge in [0.25, 0.3) is 10.0 Å². The molecule has 2 rings (SSSR count). The summed E-state index contributed by atoms with van der Waals surface area (Å²) in [6.45, 7) is 4.64. The normalized spacial score (nSPS) is 12.1. The Balaban J connectivity index is 1.89. The molecule has 0 unspecified atom stereocenters. The minimum Gasteiger partial charge on any atom is -0.447 e. The van der Waals surface area contributed by atoms with Crippen molar-refractivity contribution in [3.63, 3.8) is 0 Å². The second-order valence-electron chi connectivity index (χ2n) is 4.74. The standard InChI is InChI=1S/C12H18N4O4S/c1-9(2)13-7-10-3-4-12(19-10)21(17,18)16-6-5-11-14-8-15-20-11/h3-4,8-9,13,16H,5-7H2,1-2H3. The summed E-state index contributed by atoms with van der Waals surface area (Å²) < 4.78 is 36.6. The van der Waals surface area contributed by atoms with Crippen molar-refractivity contribution >= 4 is 10.0 Å². The molecule has 2 N–H and O–H groups in total. The van der Waals surface area contributed by atoms with Crippen LogP contribution in [0.25, 0.3) is 0 Å². The summed E-state index contributed by atoms with van der Waals surface area (Å²) in [5.74, 6) is 0.944. The molecular weight excluding hydrogens is 296 g/mol. The first kappa shape index (κ1) is 15.7. The highest BCUT2D eigenvalue weighted by atomic mass is 32.2. The zero-order valence-electron chi connectivity index (χ0n) is 11.9. The van der Waals surface area contributed by atoms with Crippen LogP contribution in [0.5, 0.6) is 0 Å². The van der Waals surface area contributed by atoms with E-state index in [9.17, 15) is 8.42 Å². The van der Waals surface area contributed by atoms with Gasteiger partial charge in [0, 0.05) is 19.0 Å². The molecule has 21 heavy (non-hydrogen) atoms. The summed E-state index contributed by atoms with van der Waals surface area (Å²) in [5.41, 5.74) is 0. The Bertz CT molecular complexity index is 649. The van der Waals surface area contributed by atoms with Gasteiger partial charge >= 0.3 is 0 Å². The molecule has 0 amide bonds. The molecule has 0 radical (unpaired) electrons. The molecule has 0 bridgehead atoms. The number of furan rings is 1. The van der Waals surface area contributed by atoms with Crippen LogP contribution >= 0.6 is 0 Å². The van der Waals surface area contributed by atoms with Gasteiger partial charge in [-0.05, 0) is 12.1 Å². The van der Waals surface area contributed by atoms with Gasteiger partial charge in [-0.3, -0.25) is 0 Å². The zero-order chi connectivity index (χ0) is 15.3. The maximum absolute atomic E-state index is 12.0. The van der Waals surface area contributed by atoms with E-state index in [1.54, 1.807) is 6.07 Å². The molecule has 0 aliphatic carbocycles. The number of rotatable bonds is 8. The average Bonchev–Trinajstić information content (AvgIpc) is 3.07. The van der Waals surface area contributed by atoms with E-state index < -0.39 is 10.0 Å². The molecule has 0 saturated carbocycles. The molecule has 0 spiro atoms. The van der Waals surface area contributed by atoms with Gasteiger partial charge in [0.15, 0.2) is 6.33 Å². The van der Waals surface area contributed by atoms with Crippen LogP contribution in [0.1, 0.15) is 25.5 Å². The molecule has 0 atom stereocenters. The summed E-state index contributed by atoms with van der Waals surface area (Å²) in [6.07, 6.45) is 1.59.